The van der Waals surface area contributed by atoms with Crippen LogP contribution in [0.2, 0.25) is 0 Å². The summed E-state index contributed by atoms with van der Waals surface area (Å²) >= 11 is 0. The van der Waals surface area contributed by atoms with Crippen LogP contribution >= 0.6 is 0 Å². The number of hydrogen-bond acceptors (Lipinski definition) is 7. The normalized spacial score (nSPS) is 49.9. The lowest BCUT2D eigenvalue weighted by Gasteiger charge is -2.64. The van der Waals surface area contributed by atoms with E-state index in [1.807, 2.05) is 6.92 Å². The second kappa shape index (κ2) is 10.0. The molecule has 1 saturated heterocycles. The fraction of sp³-hybridized carbons (Fsp3) is 0.935. The summed E-state index contributed by atoms with van der Waals surface area (Å²) in [5, 5.41) is 23.9. The smallest absolute Gasteiger partial charge is 0.302 e. The Balaban J connectivity index is 1.45. The number of carbonyl (C=O) groups is 2. The van der Waals surface area contributed by atoms with E-state index in [1.165, 1.54) is 13.8 Å². The lowest BCUT2D eigenvalue weighted by Crippen LogP contribution is -2.68. The van der Waals surface area contributed by atoms with E-state index in [-0.39, 0.29) is 35.3 Å². The van der Waals surface area contributed by atoms with Crippen molar-refractivity contribution in [3.8, 4) is 0 Å². The average Bonchev–Trinajstić information content (AvgIpc) is 3.16. The van der Waals surface area contributed by atoms with Gasteiger partial charge in [-0.15, -0.1) is 0 Å². The number of fused-ring (bicyclic) bond motifs is 4. The molecule has 5 fully saturated rings. The van der Waals surface area contributed by atoms with E-state index >= 15 is 0 Å². The number of aliphatic hydroxyl groups excluding tert-OH is 1. The molecule has 38 heavy (non-hydrogen) atoms. The molecule has 0 aromatic heterocycles. The molecule has 0 bridgehead atoms. The number of ether oxygens (including phenoxy) is 3. The summed E-state index contributed by atoms with van der Waals surface area (Å²) in [6.45, 7) is 11.6. The van der Waals surface area contributed by atoms with Crippen LogP contribution in [0.25, 0.3) is 0 Å². The largest absolute Gasteiger partial charge is 0.463 e. The summed E-state index contributed by atoms with van der Waals surface area (Å²) in [5.74, 6) is 1.14. The van der Waals surface area contributed by atoms with Crippen molar-refractivity contribution in [1.29, 1.82) is 0 Å². The van der Waals surface area contributed by atoms with Crippen LogP contribution in [0.15, 0.2) is 0 Å². The quantitative estimate of drug-likeness (QED) is 0.479. The highest BCUT2D eigenvalue weighted by Crippen LogP contribution is 2.71. The Morgan fingerprint density at radius 1 is 0.974 bits per heavy atom. The van der Waals surface area contributed by atoms with Crippen molar-refractivity contribution >= 4 is 11.9 Å². The van der Waals surface area contributed by atoms with Crippen LogP contribution in [0.1, 0.15) is 106 Å². The molecule has 12 atom stereocenters. The molecule has 4 saturated carbocycles. The SMILES string of the molecule is CC(=O)OC1CCC2(C)C(CCC3C2CCC24C(O)OC(CCC(C)C)C(C)(O)C2C(OC(C)=O)CC34)C1. The number of esters is 2. The Bertz CT molecular complexity index is 916. The topological polar surface area (TPSA) is 102 Å². The van der Waals surface area contributed by atoms with Gasteiger partial charge in [0.25, 0.3) is 0 Å². The van der Waals surface area contributed by atoms with E-state index in [9.17, 15) is 19.8 Å². The Labute approximate surface area is 228 Å². The zero-order valence-electron chi connectivity index (χ0n) is 24.3. The van der Waals surface area contributed by atoms with Gasteiger partial charge in [-0.2, -0.15) is 0 Å². The third-order valence-electron chi connectivity index (χ3n) is 11.9. The number of hydrogen-bond donors (Lipinski definition) is 2. The molecule has 4 aliphatic carbocycles. The van der Waals surface area contributed by atoms with Gasteiger partial charge in [-0.3, -0.25) is 9.59 Å². The van der Waals surface area contributed by atoms with Crippen molar-refractivity contribution in [3.63, 3.8) is 0 Å². The number of aliphatic hydroxyl groups is 2. The zero-order valence-corrected chi connectivity index (χ0v) is 24.3. The average molecular weight is 535 g/mol. The van der Waals surface area contributed by atoms with Gasteiger partial charge in [0.15, 0.2) is 6.29 Å². The summed E-state index contributed by atoms with van der Waals surface area (Å²) in [6.07, 6.45) is 7.14. The maximum Gasteiger partial charge on any atom is 0.302 e. The van der Waals surface area contributed by atoms with Gasteiger partial charge in [0.1, 0.15) is 12.2 Å². The van der Waals surface area contributed by atoms with Crippen molar-refractivity contribution < 1.29 is 34.0 Å². The van der Waals surface area contributed by atoms with Gasteiger partial charge < -0.3 is 24.4 Å². The van der Waals surface area contributed by atoms with Gasteiger partial charge >= 0.3 is 11.9 Å². The first-order chi connectivity index (χ1) is 17.8. The first kappa shape index (κ1) is 28.4. The number of carbonyl (C=O) groups excluding carboxylic acids is 2. The molecule has 216 valence electrons. The molecular weight excluding hydrogens is 484 g/mol. The second-order valence-corrected chi connectivity index (χ2v) is 14.3. The standard InChI is InChI=1S/C31H50O7/c1-17(2)7-10-26-30(6,35)27-25(37-19(4)33)16-24-22-9-8-20-15-21(36-18(3)32)11-13-29(20,5)23(22)12-14-31(24,27)28(34)38-26/h17,20-28,34-35H,7-16H2,1-6H3. The minimum atomic E-state index is -1.20. The lowest BCUT2D eigenvalue weighted by molar-refractivity contribution is -0.340. The van der Waals surface area contributed by atoms with Gasteiger partial charge in [0, 0.05) is 25.2 Å². The fourth-order valence-electron chi connectivity index (χ4n) is 10.4. The highest BCUT2D eigenvalue weighted by Gasteiger charge is 2.73. The van der Waals surface area contributed by atoms with E-state index in [0.717, 1.165) is 51.4 Å². The molecule has 1 aliphatic heterocycles. The van der Waals surface area contributed by atoms with Crippen LogP contribution in [-0.4, -0.2) is 52.4 Å². The molecular formula is C31H50O7. The minimum absolute atomic E-state index is 0.0210. The Kier molecular flexibility index (Phi) is 7.48. The van der Waals surface area contributed by atoms with Crippen LogP contribution in [-0.2, 0) is 23.8 Å². The first-order valence-corrected chi connectivity index (χ1v) is 15.2. The van der Waals surface area contributed by atoms with Crippen LogP contribution in [0.5, 0.6) is 0 Å². The van der Waals surface area contributed by atoms with Gasteiger partial charge in [0.05, 0.1) is 11.7 Å². The predicted molar refractivity (Wildman–Crippen MR) is 142 cm³/mol. The Hall–Kier alpha value is -1.18. The van der Waals surface area contributed by atoms with E-state index in [0.29, 0.717) is 36.5 Å². The molecule has 5 rings (SSSR count). The van der Waals surface area contributed by atoms with E-state index < -0.39 is 29.5 Å². The van der Waals surface area contributed by atoms with Crippen LogP contribution in [0.4, 0.5) is 0 Å². The molecule has 0 amide bonds. The monoisotopic (exact) mass is 534 g/mol. The van der Waals surface area contributed by atoms with E-state index in [1.54, 1.807) is 0 Å². The van der Waals surface area contributed by atoms with Crippen molar-refractivity contribution in [2.75, 3.05) is 0 Å². The third kappa shape index (κ3) is 4.43. The molecule has 7 nitrogen and oxygen atoms in total. The van der Waals surface area contributed by atoms with Gasteiger partial charge in [-0.25, -0.2) is 0 Å². The number of rotatable bonds is 5. The van der Waals surface area contributed by atoms with Crippen LogP contribution in [0, 0.1) is 46.3 Å². The Morgan fingerprint density at radius 2 is 1.68 bits per heavy atom. The minimum Gasteiger partial charge on any atom is -0.463 e. The molecule has 12 unspecified atom stereocenters. The molecule has 7 heteroatoms. The summed E-state index contributed by atoms with van der Waals surface area (Å²) < 4.78 is 18.0. The van der Waals surface area contributed by atoms with E-state index in [2.05, 4.69) is 20.8 Å². The summed E-state index contributed by atoms with van der Waals surface area (Å²) in [6, 6.07) is 0. The summed E-state index contributed by atoms with van der Waals surface area (Å²) in [4.78, 5) is 23.9. The molecule has 5 aliphatic rings. The van der Waals surface area contributed by atoms with Crippen molar-refractivity contribution in [3.05, 3.63) is 0 Å². The van der Waals surface area contributed by atoms with Gasteiger partial charge in [-0.05, 0) is 106 Å². The van der Waals surface area contributed by atoms with Crippen LogP contribution in [0.3, 0.4) is 0 Å². The molecule has 0 aromatic carbocycles. The fourth-order valence-corrected chi connectivity index (χ4v) is 10.4. The van der Waals surface area contributed by atoms with Gasteiger partial charge in [-0.1, -0.05) is 20.8 Å². The molecule has 0 radical (unpaired) electrons. The molecule has 1 spiro atoms. The maximum absolute atomic E-state index is 12.3. The summed E-state index contributed by atoms with van der Waals surface area (Å²) in [7, 11) is 0. The molecule has 1 heterocycles. The Morgan fingerprint density at radius 3 is 2.34 bits per heavy atom. The van der Waals surface area contributed by atoms with Crippen molar-refractivity contribution in [2.24, 2.45) is 46.3 Å². The van der Waals surface area contributed by atoms with E-state index in [4.69, 9.17) is 14.2 Å². The zero-order chi connectivity index (χ0) is 27.6. The van der Waals surface area contributed by atoms with Crippen molar-refractivity contribution in [2.45, 2.75) is 136 Å². The highest BCUT2D eigenvalue weighted by molar-refractivity contribution is 5.66. The summed E-state index contributed by atoms with van der Waals surface area (Å²) in [5.41, 5.74) is -1.64. The third-order valence-corrected chi connectivity index (χ3v) is 11.9. The molecule has 0 aromatic rings. The van der Waals surface area contributed by atoms with Gasteiger partial charge in [0.2, 0.25) is 0 Å². The van der Waals surface area contributed by atoms with Crippen LogP contribution < -0.4 is 0 Å². The first-order valence-electron chi connectivity index (χ1n) is 15.2. The predicted octanol–water partition coefficient (Wildman–Crippen LogP) is 5.00. The van der Waals surface area contributed by atoms with Crippen molar-refractivity contribution in [1.82, 2.24) is 0 Å². The second-order valence-electron chi connectivity index (χ2n) is 14.3. The highest BCUT2D eigenvalue weighted by atomic mass is 16.6. The lowest BCUT2D eigenvalue weighted by atomic mass is 9.43. The maximum atomic E-state index is 12.3. The molecule has 2 N–H and O–H groups in total.